The molecule has 1 atom stereocenters. The summed E-state index contributed by atoms with van der Waals surface area (Å²) in [5.41, 5.74) is 10.8. The van der Waals surface area contributed by atoms with E-state index >= 15 is 0 Å². The first-order chi connectivity index (χ1) is 6.11. The summed E-state index contributed by atoms with van der Waals surface area (Å²) in [6.45, 7) is 1.83. The summed E-state index contributed by atoms with van der Waals surface area (Å²) in [4.78, 5) is 7.60. The van der Waals surface area contributed by atoms with E-state index in [9.17, 15) is 0 Å². The first-order valence-corrected chi connectivity index (χ1v) is 3.89. The van der Waals surface area contributed by atoms with E-state index in [1.165, 1.54) is 0 Å². The zero-order chi connectivity index (χ0) is 9.84. The van der Waals surface area contributed by atoms with Gasteiger partial charge in [-0.25, -0.2) is 0 Å². The normalized spacial score (nSPS) is 12.5. The predicted octanol–water partition coefficient (Wildman–Crippen LogP) is -0.566. The van der Waals surface area contributed by atoms with Crippen molar-refractivity contribution in [3.63, 3.8) is 0 Å². The fraction of sp³-hybridized carbons (Fsp3) is 0.429. The molecule has 0 aliphatic heterocycles. The number of anilines is 3. The second-order valence-corrected chi connectivity index (χ2v) is 2.76. The summed E-state index contributed by atoms with van der Waals surface area (Å²) in [6.07, 6.45) is 0. The third kappa shape index (κ3) is 2.75. The van der Waals surface area contributed by atoms with Crippen LogP contribution in [0.25, 0.3) is 0 Å². The van der Waals surface area contributed by atoms with Crippen molar-refractivity contribution in [2.24, 2.45) is 0 Å². The van der Waals surface area contributed by atoms with Crippen molar-refractivity contribution in [2.45, 2.75) is 13.0 Å². The van der Waals surface area contributed by atoms with E-state index in [4.69, 9.17) is 16.6 Å². The zero-order valence-corrected chi connectivity index (χ0v) is 7.36. The molecule has 0 aliphatic carbocycles. The van der Waals surface area contributed by atoms with E-state index in [1.54, 1.807) is 6.07 Å². The number of aliphatic hydroxyl groups excluding tert-OH is 1. The Balaban J connectivity index is 2.77. The maximum absolute atomic E-state index is 8.77. The van der Waals surface area contributed by atoms with Gasteiger partial charge in [0.15, 0.2) is 0 Å². The number of nitrogens with one attached hydrogen (secondary N) is 1. The Labute approximate surface area is 76.0 Å². The molecule has 6 heteroatoms. The van der Waals surface area contributed by atoms with Gasteiger partial charge in [-0.3, -0.25) is 0 Å². The van der Waals surface area contributed by atoms with Gasteiger partial charge in [0.05, 0.1) is 6.61 Å². The molecular formula is C7H13N5O. The first-order valence-electron chi connectivity index (χ1n) is 3.89. The van der Waals surface area contributed by atoms with Gasteiger partial charge in [0.1, 0.15) is 11.6 Å². The van der Waals surface area contributed by atoms with Crippen molar-refractivity contribution in [3.05, 3.63) is 6.07 Å². The van der Waals surface area contributed by atoms with Crippen LogP contribution < -0.4 is 16.8 Å². The minimum absolute atomic E-state index is 0.0177. The molecule has 1 heterocycles. The van der Waals surface area contributed by atoms with Crippen molar-refractivity contribution >= 4 is 17.6 Å². The van der Waals surface area contributed by atoms with Gasteiger partial charge in [0.25, 0.3) is 0 Å². The minimum Gasteiger partial charge on any atom is -0.394 e. The highest BCUT2D eigenvalue weighted by Crippen LogP contribution is 2.09. The van der Waals surface area contributed by atoms with Gasteiger partial charge in [-0.2, -0.15) is 9.97 Å². The Bertz CT molecular complexity index is 270. The van der Waals surface area contributed by atoms with Crippen LogP contribution in [0, 0.1) is 0 Å². The van der Waals surface area contributed by atoms with Gasteiger partial charge in [-0.1, -0.05) is 0 Å². The van der Waals surface area contributed by atoms with Crippen LogP contribution >= 0.6 is 0 Å². The van der Waals surface area contributed by atoms with Crippen LogP contribution in [0.4, 0.5) is 17.6 Å². The average molecular weight is 183 g/mol. The van der Waals surface area contributed by atoms with E-state index in [1.807, 2.05) is 6.92 Å². The number of hydrogen-bond donors (Lipinski definition) is 4. The lowest BCUT2D eigenvalue weighted by Gasteiger charge is -2.11. The number of nitrogens with zero attached hydrogens (tertiary/aromatic N) is 2. The lowest BCUT2D eigenvalue weighted by Crippen LogP contribution is -2.20. The number of aromatic nitrogens is 2. The second kappa shape index (κ2) is 3.90. The topological polar surface area (TPSA) is 110 Å². The van der Waals surface area contributed by atoms with Gasteiger partial charge < -0.3 is 21.9 Å². The van der Waals surface area contributed by atoms with E-state index < -0.39 is 0 Å². The van der Waals surface area contributed by atoms with Crippen LogP contribution in [0.1, 0.15) is 6.92 Å². The average Bonchev–Trinajstić information content (AvgIpc) is 2.02. The molecule has 1 rings (SSSR count). The van der Waals surface area contributed by atoms with Crippen molar-refractivity contribution in [1.82, 2.24) is 9.97 Å². The summed E-state index contributed by atoms with van der Waals surface area (Å²) < 4.78 is 0. The highest BCUT2D eigenvalue weighted by molar-refractivity contribution is 5.48. The maximum atomic E-state index is 8.77. The van der Waals surface area contributed by atoms with Crippen LogP contribution in [0.3, 0.4) is 0 Å². The van der Waals surface area contributed by atoms with Gasteiger partial charge in [0.2, 0.25) is 5.95 Å². The first kappa shape index (κ1) is 9.53. The highest BCUT2D eigenvalue weighted by Gasteiger charge is 2.02. The third-order valence-electron chi connectivity index (χ3n) is 1.43. The SMILES string of the molecule is CC(CO)Nc1cc(N)nc(N)n1. The molecule has 0 fully saturated rings. The van der Waals surface area contributed by atoms with E-state index in [2.05, 4.69) is 15.3 Å². The number of aliphatic hydroxyl groups is 1. The molecule has 13 heavy (non-hydrogen) atoms. The fourth-order valence-electron chi connectivity index (χ4n) is 0.857. The molecule has 1 aromatic rings. The van der Waals surface area contributed by atoms with E-state index in [-0.39, 0.29) is 18.6 Å². The zero-order valence-electron chi connectivity index (χ0n) is 7.36. The summed E-state index contributed by atoms with van der Waals surface area (Å²) in [5, 5.41) is 11.7. The predicted molar refractivity (Wildman–Crippen MR) is 51.0 cm³/mol. The summed E-state index contributed by atoms with van der Waals surface area (Å²) in [5.74, 6) is 0.944. The molecule has 1 unspecified atom stereocenters. The molecule has 1 aromatic heterocycles. The van der Waals surface area contributed by atoms with E-state index in [0.29, 0.717) is 11.6 Å². The fourth-order valence-corrected chi connectivity index (χ4v) is 0.857. The minimum atomic E-state index is -0.0892. The standard InChI is InChI=1S/C7H13N5O/c1-4(3-13)10-6-2-5(8)11-7(9)12-6/h2,4,13H,3H2,1H3,(H5,8,9,10,11,12). The van der Waals surface area contributed by atoms with Crippen LogP contribution in [0.2, 0.25) is 0 Å². The van der Waals surface area contributed by atoms with E-state index in [0.717, 1.165) is 0 Å². The number of hydrogen-bond acceptors (Lipinski definition) is 6. The molecule has 0 radical (unpaired) electrons. The number of nitrogen functional groups attached to an aromatic ring is 2. The molecule has 0 bridgehead atoms. The lowest BCUT2D eigenvalue weighted by atomic mass is 10.3. The van der Waals surface area contributed by atoms with Gasteiger partial charge in [-0.05, 0) is 6.92 Å². The van der Waals surface area contributed by atoms with Crippen molar-refractivity contribution in [2.75, 3.05) is 23.4 Å². The molecule has 0 saturated heterocycles. The lowest BCUT2D eigenvalue weighted by molar-refractivity contribution is 0.281. The molecular weight excluding hydrogens is 170 g/mol. The molecule has 6 N–H and O–H groups in total. The Hall–Kier alpha value is -1.56. The third-order valence-corrected chi connectivity index (χ3v) is 1.43. The van der Waals surface area contributed by atoms with Crippen LogP contribution in [0.5, 0.6) is 0 Å². The summed E-state index contributed by atoms with van der Waals surface area (Å²) in [6, 6.07) is 1.47. The Morgan fingerprint density at radius 3 is 2.77 bits per heavy atom. The summed E-state index contributed by atoms with van der Waals surface area (Å²) in [7, 11) is 0. The van der Waals surface area contributed by atoms with Crippen LogP contribution in [-0.4, -0.2) is 27.7 Å². The summed E-state index contributed by atoms with van der Waals surface area (Å²) >= 11 is 0. The molecule has 0 aliphatic rings. The van der Waals surface area contributed by atoms with Gasteiger partial charge >= 0.3 is 0 Å². The quantitative estimate of drug-likeness (QED) is 0.499. The molecule has 0 aromatic carbocycles. The monoisotopic (exact) mass is 183 g/mol. The maximum Gasteiger partial charge on any atom is 0.223 e. The van der Waals surface area contributed by atoms with Crippen LogP contribution in [0.15, 0.2) is 6.07 Å². The molecule has 6 nitrogen and oxygen atoms in total. The smallest absolute Gasteiger partial charge is 0.223 e. The molecule has 0 spiro atoms. The second-order valence-electron chi connectivity index (χ2n) is 2.76. The van der Waals surface area contributed by atoms with Crippen molar-refractivity contribution in [3.8, 4) is 0 Å². The van der Waals surface area contributed by atoms with Crippen molar-refractivity contribution in [1.29, 1.82) is 0 Å². The number of rotatable bonds is 3. The van der Waals surface area contributed by atoms with Crippen LogP contribution in [-0.2, 0) is 0 Å². The Kier molecular flexibility index (Phi) is 2.86. The highest BCUT2D eigenvalue weighted by atomic mass is 16.3. The Morgan fingerprint density at radius 2 is 2.23 bits per heavy atom. The largest absolute Gasteiger partial charge is 0.394 e. The molecule has 72 valence electrons. The van der Waals surface area contributed by atoms with Gasteiger partial charge in [0, 0.05) is 12.1 Å². The van der Waals surface area contributed by atoms with Gasteiger partial charge in [-0.15, -0.1) is 0 Å². The Morgan fingerprint density at radius 1 is 1.54 bits per heavy atom. The van der Waals surface area contributed by atoms with Crippen molar-refractivity contribution < 1.29 is 5.11 Å². The molecule has 0 amide bonds. The number of nitrogens with two attached hydrogens (primary N) is 2. The molecule has 0 saturated carbocycles.